The van der Waals surface area contributed by atoms with Gasteiger partial charge in [0, 0.05) is 5.56 Å². The number of benzene rings is 2. The third-order valence-corrected chi connectivity index (χ3v) is 2.35. The molecule has 0 spiro atoms. The van der Waals surface area contributed by atoms with Crippen LogP contribution >= 0.6 is 0 Å². The third kappa shape index (κ3) is 3.16. The quantitative estimate of drug-likeness (QED) is 0.630. The highest BCUT2D eigenvalue weighted by molar-refractivity contribution is 5.83. The molecule has 0 aromatic heterocycles. The number of nitrogens with one attached hydrogen (secondary N) is 1. The van der Waals surface area contributed by atoms with Gasteiger partial charge in [0.05, 0.1) is 12.3 Å². The van der Waals surface area contributed by atoms with Gasteiger partial charge < -0.3 is 0 Å². The lowest BCUT2D eigenvalue weighted by atomic mass is 10.2. The first kappa shape index (κ1) is 11.4. The Morgan fingerprint density at radius 2 is 1.71 bits per heavy atom. The number of para-hydroxylation sites is 1. The summed E-state index contributed by atoms with van der Waals surface area (Å²) in [4.78, 5) is 16.1. The van der Waals surface area contributed by atoms with E-state index in [1.807, 2.05) is 42.5 Å². The van der Waals surface area contributed by atoms with E-state index in [-0.39, 0.29) is 0 Å². The van der Waals surface area contributed by atoms with Gasteiger partial charge in [-0.05, 0) is 17.7 Å². The maximum atomic E-state index is 10.8. The molecule has 17 heavy (non-hydrogen) atoms. The molecular formula is C14H13NO2. The second kappa shape index (κ2) is 5.82. The van der Waals surface area contributed by atoms with Crippen molar-refractivity contribution in [2.24, 2.45) is 0 Å². The van der Waals surface area contributed by atoms with Crippen molar-refractivity contribution in [3.05, 3.63) is 65.7 Å². The number of anilines is 1. The average molecular weight is 227 g/mol. The summed E-state index contributed by atoms with van der Waals surface area (Å²) in [5, 5.41) is 0. The minimum Gasteiger partial charge on any atom is -0.298 e. The van der Waals surface area contributed by atoms with Crippen LogP contribution in [0.2, 0.25) is 0 Å². The van der Waals surface area contributed by atoms with E-state index in [1.54, 1.807) is 12.1 Å². The minimum absolute atomic E-state index is 0.452. The lowest BCUT2D eigenvalue weighted by Gasteiger charge is -2.08. The fourth-order valence-corrected chi connectivity index (χ4v) is 1.46. The summed E-state index contributed by atoms with van der Waals surface area (Å²) in [6.07, 6.45) is 0.800. The number of hydrogen-bond acceptors (Lipinski definition) is 3. The Labute approximate surface area is 100.0 Å². The van der Waals surface area contributed by atoms with E-state index < -0.39 is 0 Å². The normalized spacial score (nSPS) is 9.88. The second-order valence-electron chi connectivity index (χ2n) is 3.58. The van der Waals surface area contributed by atoms with Crippen molar-refractivity contribution in [2.75, 3.05) is 5.48 Å². The van der Waals surface area contributed by atoms with Crippen molar-refractivity contribution >= 4 is 12.0 Å². The molecule has 0 fully saturated rings. The van der Waals surface area contributed by atoms with Crippen molar-refractivity contribution in [3.63, 3.8) is 0 Å². The van der Waals surface area contributed by atoms with Crippen LogP contribution in [0, 0.1) is 0 Å². The molecule has 0 atom stereocenters. The molecule has 0 aliphatic heterocycles. The second-order valence-corrected chi connectivity index (χ2v) is 3.58. The van der Waals surface area contributed by atoms with Gasteiger partial charge in [0.25, 0.3) is 0 Å². The maximum Gasteiger partial charge on any atom is 0.152 e. The molecule has 86 valence electrons. The fourth-order valence-electron chi connectivity index (χ4n) is 1.46. The summed E-state index contributed by atoms with van der Waals surface area (Å²) in [5.41, 5.74) is 5.12. The van der Waals surface area contributed by atoms with Crippen LogP contribution in [0.3, 0.4) is 0 Å². The molecule has 3 heteroatoms. The molecule has 2 aromatic carbocycles. The van der Waals surface area contributed by atoms with Crippen LogP contribution in [0.25, 0.3) is 0 Å². The average Bonchev–Trinajstić information content (AvgIpc) is 2.40. The third-order valence-electron chi connectivity index (χ3n) is 2.35. The summed E-state index contributed by atoms with van der Waals surface area (Å²) in [5.74, 6) is 0. The van der Waals surface area contributed by atoms with E-state index in [2.05, 4.69) is 5.48 Å². The molecule has 0 aliphatic carbocycles. The van der Waals surface area contributed by atoms with Gasteiger partial charge in [0.1, 0.15) is 0 Å². The van der Waals surface area contributed by atoms with E-state index in [4.69, 9.17) is 4.84 Å². The standard InChI is InChI=1S/C14H13NO2/c16-10-13-8-4-5-9-14(13)15-17-11-12-6-2-1-3-7-12/h1-10,15H,11H2. The van der Waals surface area contributed by atoms with Crippen LogP contribution < -0.4 is 5.48 Å². The lowest BCUT2D eigenvalue weighted by molar-refractivity contribution is 0.112. The maximum absolute atomic E-state index is 10.8. The van der Waals surface area contributed by atoms with Crippen molar-refractivity contribution in [3.8, 4) is 0 Å². The van der Waals surface area contributed by atoms with Crippen LogP contribution in [0.15, 0.2) is 54.6 Å². The van der Waals surface area contributed by atoms with E-state index in [1.165, 1.54) is 0 Å². The van der Waals surface area contributed by atoms with Gasteiger partial charge in [0.2, 0.25) is 0 Å². The Hall–Kier alpha value is -2.13. The topological polar surface area (TPSA) is 38.3 Å². The van der Waals surface area contributed by atoms with Gasteiger partial charge in [0.15, 0.2) is 6.29 Å². The predicted octanol–water partition coefficient (Wildman–Crippen LogP) is 3.04. The van der Waals surface area contributed by atoms with Gasteiger partial charge in [-0.15, -0.1) is 0 Å². The zero-order chi connectivity index (χ0) is 11.9. The smallest absolute Gasteiger partial charge is 0.152 e. The molecular weight excluding hydrogens is 214 g/mol. The monoisotopic (exact) mass is 227 g/mol. The highest BCUT2D eigenvalue weighted by atomic mass is 16.6. The van der Waals surface area contributed by atoms with Crippen molar-refractivity contribution in [2.45, 2.75) is 6.61 Å². The van der Waals surface area contributed by atoms with Crippen LogP contribution in [-0.2, 0) is 11.4 Å². The molecule has 2 aromatic rings. The predicted molar refractivity (Wildman–Crippen MR) is 66.7 cm³/mol. The highest BCUT2D eigenvalue weighted by Gasteiger charge is 1.99. The van der Waals surface area contributed by atoms with Gasteiger partial charge in [-0.3, -0.25) is 15.1 Å². The first-order valence-corrected chi connectivity index (χ1v) is 5.36. The van der Waals surface area contributed by atoms with E-state index >= 15 is 0 Å². The van der Waals surface area contributed by atoms with Crippen molar-refractivity contribution in [1.82, 2.24) is 0 Å². The molecule has 1 N–H and O–H groups in total. The molecule has 0 saturated heterocycles. The van der Waals surface area contributed by atoms with Gasteiger partial charge in [-0.1, -0.05) is 42.5 Å². The molecule has 0 radical (unpaired) electrons. The van der Waals surface area contributed by atoms with E-state index in [0.717, 1.165) is 11.8 Å². The number of carbonyl (C=O) groups excluding carboxylic acids is 1. The molecule has 0 unspecified atom stereocenters. The summed E-state index contributed by atoms with van der Waals surface area (Å²) in [6.45, 7) is 0.452. The molecule has 0 bridgehead atoms. The van der Waals surface area contributed by atoms with Crippen LogP contribution in [-0.4, -0.2) is 6.29 Å². The van der Waals surface area contributed by atoms with Crippen LogP contribution in [0.1, 0.15) is 15.9 Å². The van der Waals surface area contributed by atoms with Crippen molar-refractivity contribution in [1.29, 1.82) is 0 Å². The van der Waals surface area contributed by atoms with Crippen LogP contribution in [0.5, 0.6) is 0 Å². The van der Waals surface area contributed by atoms with Crippen molar-refractivity contribution < 1.29 is 9.63 Å². The molecule has 2 rings (SSSR count). The zero-order valence-corrected chi connectivity index (χ0v) is 9.30. The Morgan fingerprint density at radius 3 is 2.47 bits per heavy atom. The number of carbonyl (C=O) groups is 1. The largest absolute Gasteiger partial charge is 0.298 e. The summed E-state index contributed by atoms with van der Waals surface area (Å²) in [6, 6.07) is 17.0. The number of aldehydes is 1. The Balaban J connectivity index is 1.92. The molecule has 0 amide bonds. The Morgan fingerprint density at radius 1 is 1.00 bits per heavy atom. The first-order chi connectivity index (χ1) is 8.40. The van der Waals surface area contributed by atoms with Gasteiger partial charge >= 0.3 is 0 Å². The number of hydrogen-bond donors (Lipinski definition) is 1. The number of rotatable bonds is 5. The van der Waals surface area contributed by atoms with Crippen LogP contribution in [0.4, 0.5) is 5.69 Å². The molecule has 0 heterocycles. The molecule has 0 aliphatic rings. The Kier molecular flexibility index (Phi) is 3.89. The first-order valence-electron chi connectivity index (χ1n) is 5.36. The highest BCUT2D eigenvalue weighted by Crippen LogP contribution is 2.13. The fraction of sp³-hybridized carbons (Fsp3) is 0.0714. The summed E-state index contributed by atoms with van der Waals surface area (Å²) < 4.78 is 0. The zero-order valence-electron chi connectivity index (χ0n) is 9.30. The SMILES string of the molecule is O=Cc1ccccc1NOCc1ccccc1. The molecule has 3 nitrogen and oxygen atoms in total. The van der Waals surface area contributed by atoms with E-state index in [0.29, 0.717) is 17.9 Å². The van der Waals surface area contributed by atoms with Gasteiger partial charge in [-0.2, -0.15) is 0 Å². The van der Waals surface area contributed by atoms with E-state index in [9.17, 15) is 4.79 Å². The minimum atomic E-state index is 0.452. The van der Waals surface area contributed by atoms with Gasteiger partial charge in [-0.25, -0.2) is 0 Å². The Bertz CT molecular complexity index is 483. The summed E-state index contributed by atoms with van der Waals surface area (Å²) in [7, 11) is 0. The summed E-state index contributed by atoms with van der Waals surface area (Å²) >= 11 is 0. The molecule has 0 saturated carbocycles. The lowest BCUT2D eigenvalue weighted by Crippen LogP contribution is -2.03.